The molecule has 1 aromatic rings. The van der Waals surface area contributed by atoms with Crippen LogP contribution >= 0.6 is 11.3 Å². The van der Waals surface area contributed by atoms with Crippen LogP contribution in [0.25, 0.3) is 0 Å². The highest BCUT2D eigenvalue weighted by Gasteiger charge is 2.27. The van der Waals surface area contributed by atoms with E-state index in [9.17, 15) is 4.79 Å². The first kappa shape index (κ1) is 16.1. The molecule has 1 unspecified atom stereocenters. The molecule has 0 saturated heterocycles. The molecule has 1 atom stereocenters. The molecule has 0 spiro atoms. The maximum atomic E-state index is 12.0. The van der Waals surface area contributed by atoms with Gasteiger partial charge in [0, 0.05) is 18.1 Å². The SMILES string of the molecule is CC(C)CCNC(=O)C(C)NC(C)(C)c1nccs1. The van der Waals surface area contributed by atoms with E-state index in [1.54, 1.807) is 17.5 Å². The first-order valence-electron chi connectivity index (χ1n) is 6.78. The zero-order valence-electron chi connectivity index (χ0n) is 12.5. The van der Waals surface area contributed by atoms with Crippen LogP contribution in [0.3, 0.4) is 0 Å². The van der Waals surface area contributed by atoms with Gasteiger partial charge in [0.2, 0.25) is 5.91 Å². The molecule has 0 radical (unpaired) electrons. The molecule has 0 aliphatic rings. The van der Waals surface area contributed by atoms with E-state index < -0.39 is 0 Å². The molecule has 0 aromatic carbocycles. The Morgan fingerprint density at radius 2 is 2.11 bits per heavy atom. The van der Waals surface area contributed by atoms with Crippen LogP contribution in [-0.2, 0) is 10.3 Å². The minimum Gasteiger partial charge on any atom is -0.355 e. The van der Waals surface area contributed by atoms with Crippen LogP contribution in [0.5, 0.6) is 0 Å². The molecule has 4 nitrogen and oxygen atoms in total. The molecule has 1 heterocycles. The summed E-state index contributed by atoms with van der Waals surface area (Å²) in [5, 5.41) is 9.24. The van der Waals surface area contributed by atoms with E-state index in [-0.39, 0.29) is 17.5 Å². The fourth-order valence-electron chi connectivity index (χ4n) is 1.84. The summed E-state index contributed by atoms with van der Waals surface area (Å²) >= 11 is 1.60. The second-order valence-corrected chi connectivity index (χ2v) is 6.70. The van der Waals surface area contributed by atoms with Crippen molar-refractivity contribution in [1.29, 1.82) is 0 Å². The van der Waals surface area contributed by atoms with Crippen molar-refractivity contribution in [2.45, 2.75) is 52.6 Å². The number of nitrogens with zero attached hydrogens (tertiary/aromatic N) is 1. The summed E-state index contributed by atoms with van der Waals surface area (Å²) in [4.78, 5) is 16.3. The summed E-state index contributed by atoms with van der Waals surface area (Å²) in [6, 6.07) is -0.230. The van der Waals surface area contributed by atoms with Gasteiger partial charge in [0.25, 0.3) is 0 Å². The Labute approximate surface area is 120 Å². The third-order valence-corrected chi connectivity index (χ3v) is 4.06. The highest BCUT2D eigenvalue weighted by atomic mass is 32.1. The quantitative estimate of drug-likeness (QED) is 0.808. The van der Waals surface area contributed by atoms with Gasteiger partial charge in [-0.15, -0.1) is 11.3 Å². The number of thiazole rings is 1. The van der Waals surface area contributed by atoms with E-state index in [0.717, 1.165) is 18.0 Å². The molecule has 0 aliphatic heterocycles. The van der Waals surface area contributed by atoms with Gasteiger partial charge in [-0.3, -0.25) is 10.1 Å². The van der Waals surface area contributed by atoms with Gasteiger partial charge in [0.1, 0.15) is 5.01 Å². The zero-order valence-corrected chi connectivity index (χ0v) is 13.3. The average molecular weight is 283 g/mol. The molecular formula is C14H25N3OS. The molecule has 0 saturated carbocycles. The molecule has 0 aliphatic carbocycles. The monoisotopic (exact) mass is 283 g/mol. The normalized spacial score (nSPS) is 13.6. The number of aromatic nitrogens is 1. The van der Waals surface area contributed by atoms with Gasteiger partial charge in [-0.1, -0.05) is 13.8 Å². The lowest BCUT2D eigenvalue weighted by Crippen LogP contribution is -2.50. The number of nitrogens with one attached hydrogen (secondary N) is 2. The molecule has 0 fully saturated rings. The number of hydrogen-bond donors (Lipinski definition) is 2. The lowest BCUT2D eigenvalue weighted by molar-refractivity contribution is -0.123. The largest absolute Gasteiger partial charge is 0.355 e. The Bertz CT molecular complexity index is 387. The molecule has 1 rings (SSSR count). The van der Waals surface area contributed by atoms with E-state index in [4.69, 9.17) is 0 Å². The molecule has 19 heavy (non-hydrogen) atoms. The van der Waals surface area contributed by atoms with Gasteiger partial charge >= 0.3 is 0 Å². The van der Waals surface area contributed by atoms with Crippen molar-refractivity contribution in [1.82, 2.24) is 15.6 Å². The number of carbonyl (C=O) groups is 1. The van der Waals surface area contributed by atoms with E-state index >= 15 is 0 Å². The van der Waals surface area contributed by atoms with Gasteiger partial charge in [-0.05, 0) is 33.1 Å². The molecule has 1 aromatic heterocycles. The van der Waals surface area contributed by atoms with Crippen molar-refractivity contribution < 1.29 is 4.79 Å². The minimum atomic E-state index is -0.289. The summed E-state index contributed by atoms with van der Waals surface area (Å²) < 4.78 is 0. The topological polar surface area (TPSA) is 54.0 Å². The van der Waals surface area contributed by atoms with Gasteiger partial charge in [-0.25, -0.2) is 4.98 Å². The Hall–Kier alpha value is -0.940. The lowest BCUT2D eigenvalue weighted by atomic mass is 10.1. The van der Waals surface area contributed by atoms with Crippen LogP contribution in [0.1, 0.15) is 46.0 Å². The van der Waals surface area contributed by atoms with Crippen molar-refractivity contribution in [3.05, 3.63) is 16.6 Å². The summed E-state index contributed by atoms with van der Waals surface area (Å²) in [5.74, 6) is 0.653. The van der Waals surface area contributed by atoms with Gasteiger partial charge in [0.15, 0.2) is 0 Å². The number of rotatable bonds is 7. The summed E-state index contributed by atoms with van der Waals surface area (Å²) in [7, 11) is 0. The van der Waals surface area contributed by atoms with Crippen LogP contribution in [0, 0.1) is 5.92 Å². The summed E-state index contributed by atoms with van der Waals surface area (Å²) in [5.41, 5.74) is -0.289. The van der Waals surface area contributed by atoms with Crippen LogP contribution in [-0.4, -0.2) is 23.5 Å². The molecule has 5 heteroatoms. The number of amides is 1. The van der Waals surface area contributed by atoms with Crippen LogP contribution in [0.2, 0.25) is 0 Å². The predicted molar refractivity (Wildman–Crippen MR) is 80.2 cm³/mol. The van der Waals surface area contributed by atoms with Crippen molar-refractivity contribution in [2.24, 2.45) is 5.92 Å². The fourth-order valence-corrected chi connectivity index (χ4v) is 2.56. The Morgan fingerprint density at radius 3 is 2.63 bits per heavy atom. The Morgan fingerprint density at radius 1 is 1.42 bits per heavy atom. The van der Waals surface area contributed by atoms with Crippen molar-refractivity contribution >= 4 is 17.2 Å². The first-order chi connectivity index (χ1) is 8.83. The highest BCUT2D eigenvalue weighted by molar-refractivity contribution is 7.09. The van der Waals surface area contributed by atoms with E-state index in [1.165, 1.54) is 0 Å². The Balaban J connectivity index is 2.45. The Kier molecular flexibility index (Phi) is 5.94. The highest BCUT2D eigenvalue weighted by Crippen LogP contribution is 2.22. The maximum absolute atomic E-state index is 12.0. The van der Waals surface area contributed by atoms with Gasteiger partial charge in [-0.2, -0.15) is 0 Å². The summed E-state index contributed by atoms with van der Waals surface area (Å²) in [6.45, 7) is 11.0. The summed E-state index contributed by atoms with van der Waals surface area (Å²) in [6.07, 6.45) is 2.80. The molecular weight excluding hydrogens is 258 g/mol. The number of hydrogen-bond acceptors (Lipinski definition) is 4. The second-order valence-electron chi connectivity index (χ2n) is 5.80. The fraction of sp³-hybridized carbons (Fsp3) is 0.714. The minimum absolute atomic E-state index is 0.0466. The van der Waals surface area contributed by atoms with E-state index in [2.05, 4.69) is 29.5 Å². The predicted octanol–water partition coefficient (Wildman–Crippen LogP) is 2.52. The van der Waals surface area contributed by atoms with Crippen LogP contribution < -0.4 is 10.6 Å². The van der Waals surface area contributed by atoms with Crippen LogP contribution in [0.15, 0.2) is 11.6 Å². The standard InChI is InChI=1S/C14H25N3OS/c1-10(2)6-7-15-12(18)11(3)17-14(4,5)13-16-8-9-19-13/h8-11,17H,6-7H2,1-5H3,(H,15,18). The third-order valence-electron chi connectivity index (χ3n) is 2.96. The lowest BCUT2D eigenvalue weighted by Gasteiger charge is -2.27. The van der Waals surface area contributed by atoms with E-state index in [0.29, 0.717) is 5.92 Å². The maximum Gasteiger partial charge on any atom is 0.236 e. The van der Waals surface area contributed by atoms with Crippen molar-refractivity contribution in [3.63, 3.8) is 0 Å². The van der Waals surface area contributed by atoms with Crippen molar-refractivity contribution in [3.8, 4) is 0 Å². The zero-order chi connectivity index (χ0) is 14.5. The number of carbonyl (C=O) groups excluding carboxylic acids is 1. The van der Waals surface area contributed by atoms with Crippen molar-refractivity contribution in [2.75, 3.05) is 6.54 Å². The smallest absolute Gasteiger partial charge is 0.236 e. The average Bonchev–Trinajstić information content (AvgIpc) is 2.81. The second kappa shape index (κ2) is 7.01. The van der Waals surface area contributed by atoms with Crippen LogP contribution in [0.4, 0.5) is 0 Å². The molecule has 2 N–H and O–H groups in total. The third kappa shape index (κ3) is 5.28. The molecule has 1 amide bonds. The first-order valence-corrected chi connectivity index (χ1v) is 7.66. The molecule has 0 bridgehead atoms. The van der Waals surface area contributed by atoms with E-state index in [1.807, 2.05) is 26.2 Å². The molecule has 108 valence electrons. The van der Waals surface area contributed by atoms with Gasteiger partial charge in [0.05, 0.1) is 11.6 Å². The van der Waals surface area contributed by atoms with Gasteiger partial charge < -0.3 is 5.32 Å².